The van der Waals surface area contributed by atoms with Gasteiger partial charge >= 0.3 is 0 Å². The zero-order valence-corrected chi connectivity index (χ0v) is 13.3. The third-order valence-corrected chi connectivity index (χ3v) is 3.16. The van der Waals surface area contributed by atoms with E-state index in [-0.39, 0.29) is 11.9 Å². The maximum absolute atomic E-state index is 12.1. The van der Waals surface area contributed by atoms with Gasteiger partial charge in [-0.05, 0) is 38.0 Å². The van der Waals surface area contributed by atoms with Crippen molar-refractivity contribution in [3.63, 3.8) is 0 Å². The fourth-order valence-electron chi connectivity index (χ4n) is 1.74. The van der Waals surface area contributed by atoms with Gasteiger partial charge in [0.05, 0.1) is 13.2 Å². The Kier molecular flexibility index (Phi) is 7.02. The first kappa shape index (κ1) is 17.3. The van der Waals surface area contributed by atoms with Crippen molar-refractivity contribution in [3.05, 3.63) is 23.8 Å². The van der Waals surface area contributed by atoms with E-state index in [1.54, 1.807) is 18.2 Å². The maximum atomic E-state index is 12.1. The lowest BCUT2D eigenvalue weighted by molar-refractivity contribution is 0.0948. The molecule has 0 saturated carbocycles. The molecule has 0 bridgehead atoms. The highest BCUT2D eigenvalue weighted by molar-refractivity contribution is 5.94. The summed E-state index contributed by atoms with van der Waals surface area (Å²) >= 11 is 0. The summed E-state index contributed by atoms with van der Waals surface area (Å²) in [6.45, 7) is 9.38. The van der Waals surface area contributed by atoms with Crippen molar-refractivity contribution in [2.45, 2.75) is 33.7 Å². The van der Waals surface area contributed by atoms with Crippen LogP contribution in [0.25, 0.3) is 0 Å². The molecule has 0 heterocycles. The number of rotatable bonds is 8. The van der Waals surface area contributed by atoms with E-state index in [1.165, 1.54) is 0 Å². The first-order valence-electron chi connectivity index (χ1n) is 7.43. The summed E-state index contributed by atoms with van der Waals surface area (Å²) in [6, 6.07) is 5.13. The topological polar surface area (TPSA) is 73.6 Å². The minimum absolute atomic E-state index is 0.0528. The van der Waals surface area contributed by atoms with Crippen molar-refractivity contribution < 1.29 is 14.3 Å². The molecule has 5 heteroatoms. The molecule has 1 unspecified atom stereocenters. The lowest BCUT2D eigenvalue weighted by Gasteiger charge is -2.17. The Morgan fingerprint density at radius 1 is 1.19 bits per heavy atom. The van der Waals surface area contributed by atoms with Crippen molar-refractivity contribution in [1.29, 1.82) is 0 Å². The van der Waals surface area contributed by atoms with Crippen molar-refractivity contribution >= 4 is 5.91 Å². The van der Waals surface area contributed by atoms with Crippen LogP contribution in [0.5, 0.6) is 11.5 Å². The maximum Gasteiger partial charge on any atom is 0.251 e. The quantitative estimate of drug-likeness (QED) is 0.771. The van der Waals surface area contributed by atoms with Gasteiger partial charge in [0.25, 0.3) is 5.91 Å². The number of carbonyl (C=O) groups excluding carboxylic acids is 1. The molecule has 0 aromatic heterocycles. The molecule has 1 aromatic rings. The molecule has 1 amide bonds. The molecule has 1 atom stereocenters. The summed E-state index contributed by atoms with van der Waals surface area (Å²) < 4.78 is 11.0. The number of ether oxygens (including phenoxy) is 2. The normalized spacial score (nSPS) is 12.1. The molecule has 3 N–H and O–H groups in total. The van der Waals surface area contributed by atoms with E-state index < -0.39 is 0 Å². The second-order valence-corrected chi connectivity index (χ2v) is 5.15. The van der Waals surface area contributed by atoms with Crippen LogP contribution in [0.1, 0.15) is 38.1 Å². The number of benzene rings is 1. The first-order valence-corrected chi connectivity index (χ1v) is 7.43. The largest absolute Gasteiger partial charge is 0.490 e. The number of hydrogen-bond donors (Lipinski definition) is 2. The van der Waals surface area contributed by atoms with Crippen LogP contribution in [-0.4, -0.2) is 31.7 Å². The summed E-state index contributed by atoms with van der Waals surface area (Å²) in [7, 11) is 0. The number of amides is 1. The summed E-state index contributed by atoms with van der Waals surface area (Å²) in [6.07, 6.45) is 0. The molecule has 0 radical (unpaired) electrons. The van der Waals surface area contributed by atoms with Gasteiger partial charge in [0, 0.05) is 18.2 Å². The molecular formula is C16H26N2O3. The van der Waals surface area contributed by atoms with Gasteiger partial charge in [-0.25, -0.2) is 0 Å². The number of nitrogens with one attached hydrogen (secondary N) is 1. The van der Waals surface area contributed by atoms with Crippen LogP contribution in [0.15, 0.2) is 18.2 Å². The average Bonchev–Trinajstić information content (AvgIpc) is 2.46. The van der Waals surface area contributed by atoms with Gasteiger partial charge < -0.3 is 20.5 Å². The van der Waals surface area contributed by atoms with Crippen LogP contribution >= 0.6 is 0 Å². The summed E-state index contributed by atoms with van der Waals surface area (Å²) in [4.78, 5) is 12.1. The predicted molar refractivity (Wildman–Crippen MR) is 83.9 cm³/mol. The van der Waals surface area contributed by atoms with Crippen LogP contribution in [0.4, 0.5) is 0 Å². The Morgan fingerprint density at radius 3 is 2.38 bits per heavy atom. The zero-order chi connectivity index (χ0) is 15.8. The molecule has 1 rings (SSSR count). The van der Waals surface area contributed by atoms with E-state index in [4.69, 9.17) is 15.2 Å². The molecule has 5 nitrogen and oxygen atoms in total. The lowest BCUT2D eigenvalue weighted by atomic mass is 10.1. The Hall–Kier alpha value is -1.75. The molecule has 0 spiro atoms. The highest BCUT2D eigenvalue weighted by Crippen LogP contribution is 2.28. The fourth-order valence-corrected chi connectivity index (χ4v) is 1.74. The third-order valence-electron chi connectivity index (χ3n) is 3.16. The van der Waals surface area contributed by atoms with Crippen LogP contribution < -0.4 is 20.5 Å². The average molecular weight is 294 g/mol. The van der Waals surface area contributed by atoms with Gasteiger partial charge in [0.2, 0.25) is 0 Å². The van der Waals surface area contributed by atoms with Gasteiger partial charge in [-0.1, -0.05) is 13.8 Å². The highest BCUT2D eigenvalue weighted by Gasteiger charge is 2.13. The summed E-state index contributed by atoms with van der Waals surface area (Å²) in [5, 5.41) is 2.84. The van der Waals surface area contributed by atoms with Gasteiger partial charge in [0.1, 0.15) is 0 Å². The molecule has 0 aliphatic carbocycles. The lowest BCUT2D eigenvalue weighted by Crippen LogP contribution is -2.40. The molecule has 118 valence electrons. The number of hydrogen-bond acceptors (Lipinski definition) is 4. The molecule has 0 fully saturated rings. The second-order valence-electron chi connectivity index (χ2n) is 5.15. The van der Waals surface area contributed by atoms with E-state index in [0.717, 1.165) is 0 Å². The van der Waals surface area contributed by atoms with Gasteiger partial charge in [-0.15, -0.1) is 0 Å². The third kappa shape index (κ3) is 5.27. The SMILES string of the molecule is CCOc1ccc(C(=O)NCC(N)C(C)C)cc1OCC. The summed E-state index contributed by atoms with van der Waals surface area (Å²) in [5.74, 6) is 1.40. The molecule has 21 heavy (non-hydrogen) atoms. The van der Waals surface area contributed by atoms with E-state index in [2.05, 4.69) is 5.32 Å². The minimum Gasteiger partial charge on any atom is -0.490 e. The Bertz CT molecular complexity index is 461. The number of nitrogens with two attached hydrogens (primary N) is 1. The van der Waals surface area contributed by atoms with Crippen molar-refractivity contribution in [2.24, 2.45) is 11.7 Å². The van der Waals surface area contributed by atoms with Gasteiger partial charge in [-0.2, -0.15) is 0 Å². The monoisotopic (exact) mass is 294 g/mol. The van der Waals surface area contributed by atoms with Crippen LogP contribution in [0, 0.1) is 5.92 Å². The fraction of sp³-hybridized carbons (Fsp3) is 0.562. The molecular weight excluding hydrogens is 268 g/mol. The second kappa shape index (κ2) is 8.52. The van der Waals surface area contributed by atoms with Crippen molar-refractivity contribution in [1.82, 2.24) is 5.32 Å². The minimum atomic E-state index is -0.157. The van der Waals surface area contributed by atoms with Gasteiger partial charge in [0.15, 0.2) is 11.5 Å². The molecule has 0 saturated heterocycles. The standard InChI is InChI=1S/C16H26N2O3/c1-5-20-14-8-7-12(9-15(14)21-6-2)16(19)18-10-13(17)11(3)4/h7-9,11,13H,5-6,10,17H2,1-4H3,(H,18,19). The summed E-state index contributed by atoms with van der Waals surface area (Å²) in [5.41, 5.74) is 6.46. The van der Waals surface area contributed by atoms with E-state index in [0.29, 0.717) is 42.7 Å². The van der Waals surface area contributed by atoms with E-state index in [1.807, 2.05) is 27.7 Å². The van der Waals surface area contributed by atoms with Crippen molar-refractivity contribution in [2.75, 3.05) is 19.8 Å². The Balaban J connectivity index is 2.78. The molecule has 1 aromatic carbocycles. The molecule has 0 aliphatic heterocycles. The number of carbonyl (C=O) groups is 1. The Morgan fingerprint density at radius 2 is 1.81 bits per heavy atom. The van der Waals surface area contributed by atoms with Crippen LogP contribution in [0.2, 0.25) is 0 Å². The smallest absolute Gasteiger partial charge is 0.251 e. The van der Waals surface area contributed by atoms with E-state index in [9.17, 15) is 4.79 Å². The van der Waals surface area contributed by atoms with Crippen molar-refractivity contribution in [3.8, 4) is 11.5 Å². The Labute approximate surface area is 126 Å². The zero-order valence-electron chi connectivity index (χ0n) is 13.3. The van der Waals surface area contributed by atoms with Crippen LogP contribution in [-0.2, 0) is 0 Å². The highest BCUT2D eigenvalue weighted by atomic mass is 16.5. The first-order chi connectivity index (χ1) is 9.99. The van der Waals surface area contributed by atoms with Gasteiger partial charge in [-0.3, -0.25) is 4.79 Å². The van der Waals surface area contributed by atoms with Crippen LogP contribution in [0.3, 0.4) is 0 Å². The van der Waals surface area contributed by atoms with E-state index >= 15 is 0 Å². The molecule has 0 aliphatic rings. The predicted octanol–water partition coefficient (Wildman–Crippen LogP) is 2.20.